The van der Waals surface area contributed by atoms with Gasteiger partial charge in [0.2, 0.25) is 0 Å². The Morgan fingerprint density at radius 1 is 0.580 bits per heavy atom. The second-order valence-electron chi connectivity index (χ2n) is 13.7. The van der Waals surface area contributed by atoms with Gasteiger partial charge in [-0.15, -0.1) is 0 Å². The van der Waals surface area contributed by atoms with Crippen LogP contribution < -0.4 is 34.9 Å². The minimum atomic E-state index is -0.500. The molecule has 10 nitrogen and oxygen atoms in total. The molecule has 0 saturated carbocycles. The Balaban J connectivity index is 0.000000378. The van der Waals surface area contributed by atoms with Crippen LogP contribution in [0.1, 0.15) is 105 Å². The summed E-state index contributed by atoms with van der Waals surface area (Å²) in [4.78, 5) is 33.8. The summed E-state index contributed by atoms with van der Waals surface area (Å²) in [5, 5.41) is 7.34. The maximum atomic E-state index is 11.6. The van der Waals surface area contributed by atoms with E-state index in [1.54, 1.807) is 32.3 Å². The van der Waals surface area contributed by atoms with E-state index in [1.165, 1.54) is 7.05 Å². The van der Waals surface area contributed by atoms with Gasteiger partial charge in [-0.05, 0) is 60.3 Å². The molecule has 0 aliphatic carbocycles. The molecular weight excluding hydrogens is 634 g/mol. The molecule has 10 heteroatoms. The summed E-state index contributed by atoms with van der Waals surface area (Å²) in [7, 11) is 4.63. The first-order valence-corrected chi connectivity index (χ1v) is 17.1. The highest BCUT2D eigenvalue weighted by atomic mass is 16.6. The highest BCUT2D eigenvalue weighted by Crippen LogP contribution is 2.39. The Labute approximate surface area is 299 Å². The van der Waals surface area contributed by atoms with Gasteiger partial charge in [0, 0.05) is 32.3 Å². The van der Waals surface area contributed by atoms with E-state index in [0.717, 1.165) is 29.5 Å². The molecule has 0 bridgehead atoms. The standard InChI is InChI=1S/C16H25NO2.C12H17NO3.C12H17NO2/c1-15(2,3)11-9-8-10-12(16(4,5)6)13(11)19-14(18)17-7;1-4-9(2)15-10-7-5-6-8-11(10)16-12(14)13-3;1-4-9(2)10-7-5-6-8-11(10)15-12(14)13-3/h8-10H,1-7H3,(H,17,18);5-9H,4H2,1-3H3,(H,13,14);5-9H,4H2,1-3H3,(H,13,14). The van der Waals surface area contributed by atoms with Gasteiger partial charge < -0.3 is 34.9 Å². The number of carbonyl (C=O) groups excluding carboxylic acids is 3. The first-order valence-electron chi connectivity index (χ1n) is 17.1. The van der Waals surface area contributed by atoms with Gasteiger partial charge in [-0.25, -0.2) is 14.4 Å². The molecule has 2 atom stereocenters. The molecule has 0 spiro atoms. The van der Waals surface area contributed by atoms with Crippen molar-refractivity contribution in [3.8, 4) is 23.0 Å². The van der Waals surface area contributed by atoms with E-state index in [-0.39, 0.29) is 16.9 Å². The summed E-state index contributed by atoms with van der Waals surface area (Å²) >= 11 is 0. The zero-order valence-corrected chi connectivity index (χ0v) is 32.3. The fraction of sp³-hybridized carbons (Fsp3) is 0.475. The molecule has 3 aromatic carbocycles. The van der Waals surface area contributed by atoms with Crippen molar-refractivity contribution in [2.45, 2.75) is 105 Å². The molecule has 2 unspecified atom stereocenters. The van der Waals surface area contributed by atoms with Crippen LogP contribution in [0.25, 0.3) is 0 Å². The van der Waals surface area contributed by atoms with Crippen molar-refractivity contribution < 1.29 is 33.3 Å². The molecule has 0 aliphatic heterocycles. The van der Waals surface area contributed by atoms with Gasteiger partial charge in [0.1, 0.15) is 11.5 Å². The lowest BCUT2D eigenvalue weighted by Gasteiger charge is -2.28. The van der Waals surface area contributed by atoms with Crippen LogP contribution in [0.4, 0.5) is 14.4 Å². The number of hydrogen-bond donors (Lipinski definition) is 3. The third-order valence-corrected chi connectivity index (χ3v) is 7.66. The van der Waals surface area contributed by atoms with Crippen LogP contribution in [-0.2, 0) is 10.8 Å². The number of benzene rings is 3. The third-order valence-electron chi connectivity index (χ3n) is 7.66. The number of carbonyl (C=O) groups is 3. The highest BCUT2D eigenvalue weighted by Gasteiger charge is 2.27. The van der Waals surface area contributed by atoms with Crippen molar-refractivity contribution in [1.29, 1.82) is 0 Å². The molecule has 276 valence electrons. The third kappa shape index (κ3) is 14.4. The Morgan fingerprint density at radius 2 is 1.00 bits per heavy atom. The summed E-state index contributed by atoms with van der Waals surface area (Å²) in [6.07, 6.45) is 0.658. The van der Waals surface area contributed by atoms with Gasteiger partial charge in [-0.1, -0.05) is 111 Å². The molecule has 50 heavy (non-hydrogen) atoms. The lowest BCUT2D eigenvalue weighted by molar-refractivity contribution is 0.188. The minimum Gasteiger partial charge on any atom is -0.487 e. The van der Waals surface area contributed by atoms with Crippen molar-refractivity contribution in [1.82, 2.24) is 16.0 Å². The van der Waals surface area contributed by atoms with Crippen LogP contribution >= 0.6 is 0 Å². The molecule has 0 fully saturated rings. The predicted molar refractivity (Wildman–Crippen MR) is 201 cm³/mol. The maximum absolute atomic E-state index is 11.6. The van der Waals surface area contributed by atoms with Crippen LogP contribution in [0.5, 0.6) is 23.0 Å². The van der Waals surface area contributed by atoms with Gasteiger partial charge in [-0.2, -0.15) is 0 Å². The van der Waals surface area contributed by atoms with Crippen molar-refractivity contribution in [2.24, 2.45) is 0 Å². The summed E-state index contributed by atoms with van der Waals surface area (Å²) in [5.74, 6) is 2.74. The average Bonchev–Trinajstić information content (AvgIpc) is 3.08. The van der Waals surface area contributed by atoms with Crippen LogP contribution in [0.15, 0.2) is 66.7 Å². The van der Waals surface area contributed by atoms with Gasteiger partial charge >= 0.3 is 18.3 Å². The lowest BCUT2D eigenvalue weighted by Crippen LogP contribution is -2.26. The number of nitrogens with one attached hydrogen (secondary N) is 3. The van der Waals surface area contributed by atoms with Crippen LogP contribution in [0.3, 0.4) is 0 Å². The Morgan fingerprint density at radius 3 is 1.44 bits per heavy atom. The van der Waals surface area contributed by atoms with Crippen LogP contribution in [0.2, 0.25) is 0 Å². The van der Waals surface area contributed by atoms with Crippen molar-refractivity contribution in [3.05, 3.63) is 83.4 Å². The molecule has 0 radical (unpaired) electrons. The topological polar surface area (TPSA) is 124 Å². The summed E-state index contributed by atoms with van der Waals surface area (Å²) < 4.78 is 21.4. The molecule has 0 aliphatic rings. The van der Waals surface area contributed by atoms with E-state index in [4.69, 9.17) is 18.9 Å². The number of rotatable bonds is 8. The Kier molecular flexibility index (Phi) is 17.9. The van der Waals surface area contributed by atoms with E-state index >= 15 is 0 Å². The summed E-state index contributed by atoms with van der Waals surface area (Å²) in [5.41, 5.74) is 3.01. The number of para-hydroxylation sites is 4. The Hall–Kier alpha value is -4.73. The monoisotopic (exact) mass is 693 g/mol. The first kappa shape index (κ1) is 43.3. The van der Waals surface area contributed by atoms with E-state index < -0.39 is 18.3 Å². The predicted octanol–water partition coefficient (Wildman–Crippen LogP) is 9.50. The van der Waals surface area contributed by atoms with Crippen LogP contribution in [0, 0.1) is 0 Å². The molecule has 0 aromatic heterocycles. The highest BCUT2D eigenvalue weighted by molar-refractivity contribution is 5.72. The molecule has 3 rings (SSSR count). The molecular formula is C40H59N3O7. The van der Waals surface area contributed by atoms with E-state index in [1.807, 2.05) is 62.4 Å². The van der Waals surface area contributed by atoms with Gasteiger partial charge in [-0.3, -0.25) is 0 Å². The van der Waals surface area contributed by atoms with E-state index in [0.29, 0.717) is 28.9 Å². The smallest absolute Gasteiger partial charge is 0.412 e. The van der Waals surface area contributed by atoms with Gasteiger partial charge in [0.15, 0.2) is 11.5 Å². The number of amides is 3. The molecule has 3 N–H and O–H groups in total. The fourth-order valence-corrected chi connectivity index (χ4v) is 4.41. The quantitative estimate of drug-likeness (QED) is 0.215. The van der Waals surface area contributed by atoms with Crippen molar-refractivity contribution in [3.63, 3.8) is 0 Å². The normalized spacial score (nSPS) is 11.9. The maximum Gasteiger partial charge on any atom is 0.412 e. The Bertz CT molecular complexity index is 1480. The van der Waals surface area contributed by atoms with Crippen LogP contribution in [-0.4, -0.2) is 45.5 Å². The first-order chi connectivity index (χ1) is 23.4. The number of ether oxygens (including phenoxy) is 4. The average molecular weight is 694 g/mol. The van der Waals surface area contributed by atoms with Crippen molar-refractivity contribution >= 4 is 18.3 Å². The molecule has 3 amide bonds. The van der Waals surface area contributed by atoms with E-state index in [2.05, 4.69) is 71.3 Å². The lowest BCUT2D eigenvalue weighted by atomic mass is 9.79. The zero-order chi connectivity index (χ0) is 38.1. The van der Waals surface area contributed by atoms with Gasteiger partial charge in [0.25, 0.3) is 0 Å². The zero-order valence-electron chi connectivity index (χ0n) is 32.3. The molecule has 0 heterocycles. The second-order valence-corrected chi connectivity index (χ2v) is 13.7. The summed E-state index contributed by atoms with van der Waals surface area (Å²) in [6.45, 7) is 20.9. The molecule has 0 saturated heterocycles. The molecule has 3 aromatic rings. The van der Waals surface area contributed by atoms with Gasteiger partial charge in [0.05, 0.1) is 6.10 Å². The SMILES string of the molecule is CCC(C)Oc1ccccc1OC(=O)NC.CCC(C)c1ccccc1OC(=O)NC.CNC(=O)Oc1c(C(C)(C)C)cccc1C(C)(C)C. The number of hydrogen-bond acceptors (Lipinski definition) is 7. The summed E-state index contributed by atoms with van der Waals surface area (Å²) in [6, 6.07) is 20.8. The fourth-order valence-electron chi connectivity index (χ4n) is 4.41. The minimum absolute atomic E-state index is 0.0788. The van der Waals surface area contributed by atoms with Crippen molar-refractivity contribution in [2.75, 3.05) is 21.1 Å². The van der Waals surface area contributed by atoms with E-state index in [9.17, 15) is 14.4 Å². The largest absolute Gasteiger partial charge is 0.487 e. The second kappa shape index (κ2) is 20.7.